The van der Waals surface area contributed by atoms with Gasteiger partial charge >= 0.3 is 5.69 Å². The molecule has 21 heavy (non-hydrogen) atoms. The molecule has 0 aromatic carbocycles. The van der Waals surface area contributed by atoms with E-state index in [1.807, 2.05) is 0 Å². The Hall–Kier alpha value is -1.47. The highest BCUT2D eigenvalue weighted by atomic mass is 16.6. The van der Waals surface area contributed by atoms with Gasteiger partial charge in [-0.2, -0.15) is 5.10 Å². The summed E-state index contributed by atoms with van der Waals surface area (Å²) >= 11 is 0. The lowest BCUT2D eigenvalue weighted by atomic mass is 10.2. The summed E-state index contributed by atoms with van der Waals surface area (Å²) in [5.74, 6) is 0. The Labute approximate surface area is 125 Å². The molecule has 0 radical (unpaired) electrons. The van der Waals surface area contributed by atoms with Crippen LogP contribution in [0.3, 0.4) is 0 Å². The van der Waals surface area contributed by atoms with Gasteiger partial charge in [0.25, 0.3) is 0 Å². The maximum atomic E-state index is 10.9. The number of aliphatic hydroxyl groups is 1. The molecule has 0 aliphatic carbocycles. The lowest BCUT2D eigenvalue weighted by molar-refractivity contribution is -0.386. The predicted octanol–water partition coefficient (Wildman–Crippen LogP) is 1.94. The highest BCUT2D eigenvalue weighted by Gasteiger charge is 2.22. The summed E-state index contributed by atoms with van der Waals surface area (Å²) in [7, 11) is 0. The molecule has 0 saturated heterocycles. The summed E-state index contributed by atoms with van der Waals surface area (Å²) in [6.45, 7) is 7.06. The van der Waals surface area contributed by atoms with Crippen LogP contribution in [0, 0.1) is 24.0 Å². The van der Waals surface area contributed by atoms with Crippen molar-refractivity contribution in [2.45, 2.75) is 59.1 Å². The second-order valence-electron chi connectivity index (χ2n) is 5.38. The van der Waals surface area contributed by atoms with E-state index in [9.17, 15) is 15.2 Å². The number of aliphatic hydroxyl groups excluding tert-OH is 1. The molecular formula is C14H26N4O3. The molecule has 2 N–H and O–H groups in total. The van der Waals surface area contributed by atoms with Gasteiger partial charge in [0.2, 0.25) is 0 Å². The molecule has 1 atom stereocenters. The van der Waals surface area contributed by atoms with Gasteiger partial charge in [-0.05, 0) is 26.8 Å². The molecule has 0 bridgehead atoms. The third-order valence-electron chi connectivity index (χ3n) is 3.50. The number of unbranched alkanes of at least 4 members (excludes halogenated alkanes) is 3. The Balaban J connectivity index is 2.40. The Bertz CT molecular complexity index is 459. The summed E-state index contributed by atoms with van der Waals surface area (Å²) in [4.78, 5) is 10.5. The average Bonchev–Trinajstić information content (AvgIpc) is 2.68. The van der Waals surface area contributed by atoms with Gasteiger partial charge in [0, 0.05) is 6.54 Å². The minimum Gasteiger partial charge on any atom is -0.390 e. The quantitative estimate of drug-likeness (QED) is 0.391. The van der Waals surface area contributed by atoms with Crippen LogP contribution in [0.1, 0.15) is 44.0 Å². The van der Waals surface area contributed by atoms with Crippen molar-refractivity contribution in [3.05, 3.63) is 21.5 Å². The first kappa shape index (κ1) is 17.6. The maximum Gasteiger partial charge on any atom is 0.312 e. The van der Waals surface area contributed by atoms with Gasteiger partial charge in [-0.1, -0.05) is 26.2 Å². The molecule has 1 aromatic rings. The van der Waals surface area contributed by atoms with Crippen LogP contribution in [0.25, 0.3) is 0 Å². The van der Waals surface area contributed by atoms with Crippen LogP contribution in [-0.4, -0.2) is 39.0 Å². The molecule has 1 heterocycles. The average molecular weight is 298 g/mol. The van der Waals surface area contributed by atoms with E-state index in [0.717, 1.165) is 13.0 Å². The van der Waals surface area contributed by atoms with Crippen molar-refractivity contribution in [2.24, 2.45) is 0 Å². The number of aryl methyl sites for hydroxylation is 1. The minimum atomic E-state index is -0.603. The van der Waals surface area contributed by atoms with E-state index in [2.05, 4.69) is 17.3 Å². The summed E-state index contributed by atoms with van der Waals surface area (Å²) in [6, 6.07) is 0. The molecule has 0 saturated carbocycles. The topological polar surface area (TPSA) is 93.2 Å². The van der Waals surface area contributed by atoms with Crippen LogP contribution in [0.2, 0.25) is 0 Å². The molecule has 1 aromatic heterocycles. The second-order valence-corrected chi connectivity index (χ2v) is 5.38. The molecule has 1 unspecified atom stereocenters. The normalized spacial score (nSPS) is 12.6. The van der Waals surface area contributed by atoms with Crippen LogP contribution in [0.15, 0.2) is 0 Å². The number of hydrogen-bond donors (Lipinski definition) is 2. The smallest absolute Gasteiger partial charge is 0.312 e. The predicted molar refractivity (Wildman–Crippen MR) is 81.4 cm³/mol. The van der Waals surface area contributed by atoms with E-state index in [0.29, 0.717) is 17.9 Å². The Morgan fingerprint density at radius 2 is 2.10 bits per heavy atom. The standard InChI is InChI=1S/C14H26N4O3/c1-4-5-6-7-8-15-9-13(19)10-17-12(3)14(18(20)21)11(2)16-17/h13,15,19H,4-10H2,1-3H3. The van der Waals surface area contributed by atoms with Crippen molar-refractivity contribution < 1.29 is 10.0 Å². The molecule has 120 valence electrons. The zero-order valence-corrected chi connectivity index (χ0v) is 13.1. The zero-order valence-electron chi connectivity index (χ0n) is 13.1. The highest BCUT2D eigenvalue weighted by molar-refractivity contribution is 5.39. The van der Waals surface area contributed by atoms with Gasteiger partial charge in [0.1, 0.15) is 11.4 Å². The van der Waals surface area contributed by atoms with Gasteiger partial charge in [0.05, 0.1) is 17.6 Å². The third-order valence-corrected chi connectivity index (χ3v) is 3.50. The van der Waals surface area contributed by atoms with Crippen molar-refractivity contribution in [1.82, 2.24) is 15.1 Å². The summed E-state index contributed by atoms with van der Waals surface area (Å²) in [6.07, 6.45) is 4.14. The van der Waals surface area contributed by atoms with Crippen LogP contribution in [0.4, 0.5) is 5.69 Å². The lowest BCUT2D eigenvalue weighted by Crippen LogP contribution is -2.31. The molecule has 7 heteroatoms. The van der Waals surface area contributed by atoms with Crippen molar-refractivity contribution in [3.63, 3.8) is 0 Å². The van der Waals surface area contributed by atoms with Crippen molar-refractivity contribution in [1.29, 1.82) is 0 Å². The maximum absolute atomic E-state index is 10.9. The Morgan fingerprint density at radius 1 is 1.38 bits per heavy atom. The number of rotatable bonds is 10. The minimum absolute atomic E-state index is 0.0368. The fourth-order valence-corrected chi connectivity index (χ4v) is 2.34. The summed E-state index contributed by atoms with van der Waals surface area (Å²) in [5.41, 5.74) is 0.909. The number of nitrogens with one attached hydrogen (secondary N) is 1. The molecule has 7 nitrogen and oxygen atoms in total. The van der Waals surface area contributed by atoms with E-state index in [1.54, 1.807) is 13.8 Å². The molecule has 1 rings (SSSR count). The first-order valence-electron chi connectivity index (χ1n) is 7.54. The molecular weight excluding hydrogens is 272 g/mol. The fourth-order valence-electron chi connectivity index (χ4n) is 2.34. The van der Waals surface area contributed by atoms with E-state index in [4.69, 9.17) is 0 Å². The summed E-state index contributed by atoms with van der Waals surface area (Å²) in [5, 5.41) is 28.2. The highest BCUT2D eigenvalue weighted by Crippen LogP contribution is 2.21. The van der Waals surface area contributed by atoms with E-state index < -0.39 is 11.0 Å². The molecule has 0 spiro atoms. The van der Waals surface area contributed by atoms with Crippen LogP contribution in [-0.2, 0) is 6.54 Å². The van der Waals surface area contributed by atoms with Gasteiger partial charge in [0.15, 0.2) is 0 Å². The van der Waals surface area contributed by atoms with Crippen molar-refractivity contribution in [2.75, 3.05) is 13.1 Å². The van der Waals surface area contributed by atoms with Crippen molar-refractivity contribution in [3.8, 4) is 0 Å². The lowest BCUT2D eigenvalue weighted by Gasteiger charge is -2.12. The first-order valence-corrected chi connectivity index (χ1v) is 7.54. The van der Waals surface area contributed by atoms with Gasteiger partial charge in [-0.15, -0.1) is 0 Å². The summed E-state index contributed by atoms with van der Waals surface area (Å²) < 4.78 is 1.51. The Morgan fingerprint density at radius 3 is 2.67 bits per heavy atom. The number of nitrogens with zero attached hydrogens (tertiary/aromatic N) is 3. The number of aromatic nitrogens is 2. The van der Waals surface area contributed by atoms with E-state index in [-0.39, 0.29) is 12.2 Å². The molecule has 0 amide bonds. The molecule has 0 aliphatic heterocycles. The van der Waals surface area contributed by atoms with Crippen LogP contribution < -0.4 is 5.32 Å². The fraction of sp³-hybridized carbons (Fsp3) is 0.786. The van der Waals surface area contributed by atoms with E-state index in [1.165, 1.54) is 23.9 Å². The molecule has 0 fully saturated rings. The number of nitro groups is 1. The largest absolute Gasteiger partial charge is 0.390 e. The first-order chi connectivity index (χ1) is 9.97. The van der Waals surface area contributed by atoms with Crippen molar-refractivity contribution >= 4 is 5.69 Å². The molecule has 0 aliphatic rings. The van der Waals surface area contributed by atoms with E-state index >= 15 is 0 Å². The van der Waals surface area contributed by atoms with Gasteiger partial charge in [-0.3, -0.25) is 14.8 Å². The Kier molecular flexibility index (Phi) is 7.31. The SMILES string of the molecule is CCCCCCNCC(O)Cn1nc(C)c([N+](=O)[O-])c1C. The monoisotopic (exact) mass is 298 g/mol. The van der Waals surface area contributed by atoms with Crippen LogP contribution in [0.5, 0.6) is 0 Å². The third kappa shape index (κ3) is 5.43. The number of hydrogen-bond acceptors (Lipinski definition) is 5. The van der Waals surface area contributed by atoms with Gasteiger partial charge < -0.3 is 10.4 Å². The second kappa shape index (κ2) is 8.74. The van der Waals surface area contributed by atoms with Gasteiger partial charge in [-0.25, -0.2) is 0 Å². The van der Waals surface area contributed by atoms with Crippen LogP contribution >= 0.6 is 0 Å². The zero-order chi connectivity index (χ0) is 15.8.